The molecule has 1 aliphatic rings. The van der Waals surface area contributed by atoms with Crippen molar-refractivity contribution in [3.05, 3.63) is 48.5 Å². The lowest BCUT2D eigenvalue weighted by Crippen LogP contribution is -2.38. The van der Waals surface area contributed by atoms with Crippen molar-refractivity contribution < 1.29 is 22.7 Å². The predicted molar refractivity (Wildman–Crippen MR) is 115 cm³/mol. The first kappa shape index (κ1) is 21.0. The van der Waals surface area contributed by atoms with Crippen molar-refractivity contribution >= 4 is 28.4 Å². The van der Waals surface area contributed by atoms with Crippen LogP contribution in [0.25, 0.3) is 27.9 Å². The number of hydrogen-bond donors (Lipinski definition) is 2. The van der Waals surface area contributed by atoms with E-state index in [0.29, 0.717) is 41.5 Å². The van der Waals surface area contributed by atoms with Gasteiger partial charge in [0.2, 0.25) is 11.9 Å². The molecule has 1 aliphatic heterocycles. The van der Waals surface area contributed by atoms with Crippen molar-refractivity contribution in [1.82, 2.24) is 24.9 Å². The van der Waals surface area contributed by atoms with Gasteiger partial charge in [0.25, 0.3) is 0 Å². The number of halogens is 3. The van der Waals surface area contributed by atoms with Crippen LogP contribution in [-0.2, 0) is 4.79 Å². The molecular weight excluding hydrogens is 437 g/mol. The van der Waals surface area contributed by atoms with Gasteiger partial charge in [-0.25, -0.2) is 9.97 Å². The molecule has 3 heterocycles. The van der Waals surface area contributed by atoms with E-state index in [2.05, 4.69) is 30.4 Å². The van der Waals surface area contributed by atoms with Crippen LogP contribution < -0.4 is 15.4 Å². The molecule has 5 rings (SSSR count). The summed E-state index contributed by atoms with van der Waals surface area (Å²) in [5, 5.41) is 11.4. The molecule has 1 saturated heterocycles. The maximum Gasteiger partial charge on any atom is 0.573 e. The number of rotatable bonds is 4. The molecular formula is C22H19F3N6O2. The number of nitrogens with zero attached hydrogens (tertiary/aromatic N) is 4. The summed E-state index contributed by atoms with van der Waals surface area (Å²) in [5.41, 5.74) is 1.70. The maximum absolute atomic E-state index is 12.5. The second kappa shape index (κ2) is 8.23. The lowest BCUT2D eigenvalue weighted by molar-refractivity contribution is -0.274. The number of para-hydroxylation sites is 1. The molecule has 0 saturated carbocycles. The molecule has 1 fully saturated rings. The number of carbonyl (C=O) groups is 1. The van der Waals surface area contributed by atoms with Crippen LogP contribution in [0.4, 0.5) is 19.1 Å². The Morgan fingerprint density at radius 1 is 1.06 bits per heavy atom. The van der Waals surface area contributed by atoms with Crippen molar-refractivity contribution in [2.45, 2.75) is 31.7 Å². The first-order valence-electron chi connectivity index (χ1n) is 10.4. The SMILES string of the molecule is O=C1NCCCC[C@H]1Nc1nc2ccccc2c2nc(-c3ccc(OC(F)(F)F)cc3)nn12. The number of nitrogens with one attached hydrogen (secondary N) is 2. The summed E-state index contributed by atoms with van der Waals surface area (Å²) in [6, 6.07) is 12.3. The zero-order valence-corrected chi connectivity index (χ0v) is 17.3. The molecule has 1 atom stereocenters. The van der Waals surface area contributed by atoms with Gasteiger partial charge in [-0.15, -0.1) is 18.3 Å². The average Bonchev–Trinajstić information content (AvgIpc) is 3.13. The summed E-state index contributed by atoms with van der Waals surface area (Å²) in [4.78, 5) is 21.7. The summed E-state index contributed by atoms with van der Waals surface area (Å²) in [7, 11) is 0. The fourth-order valence-electron chi connectivity index (χ4n) is 3.81. The lowest BCUT2D eigenvalue weighted by Gasteiger charge is -2.16. The van der Waals surface area contributed by atoms with E-state index in [1.54, 1.807) is 0 Å². The Kier molecular flexibility index (Phi) is 5.23. The Bertz CT molecular complexity index is 1320. The second-order valence-corrected chi connectivity index (χ2v) is 7.68. The van der Waals surface area contributed by atoms with Gasteiger partial charge in [0.1, 0.15) is 11.8 Å². The van der Waals surface area contributed by atoms with Crippen LogP contribution in [-0.4, -0.2) is 44.4 Å². The molecule has 1 amide bonds. The van der Waals surface area contributed by atoms with Crippen LogP contribution in [0, 0.1) is 0 Å². The number of alkyl halides is 3. The number of hydrogen-bond acceptors (Lipinski definition) is 6. The molecule has 0 radical (unpaired) electrons. The van der Waals surface area contributed by atoms with Crippen molar-refractivity contribution in [2.24, 2.45) is 0 Å². The summed E-state index contributed by atoms with van der Waals surface area (Å²) in [6.45, 7) is 0.638. The minimum absolute atomic E-state index is 0.101. The second-order valence-electron chi connectivity index (χ2n) is 7.68. The summed E-state index contributed by atoms with van der Waals surface area (Å²) >= 11 is 0. The standard InChI is InChI=1S/C22H19F3N6O2/c23-22(24,25)33-14-10-8-13(9-11-14)18-29-19-15-5-1-2-6-16(15)27-21(31(19)30-18)28-17-7-3-4-12-26-20(17)32/h1-2,5-6,8-11,17H,3-4,7,12H2,(H,26,32)(H,27,28)/t17-/m1/s1. The smallest absolute Gasteiger partial charge is 0.406 e. The first-order valence-corrected chi connectivity index (χ1v) is 10.4. The van der Waals surface area contributed by atoms with Gasteiger partial charge in [0.15, 0.2) is 11.5 Å². The highest BCUT2D eigenvalue weighted by molar-refractivity contribution is 5.93. The number of anilines is 1. The van der Waals surface area contributed by atoms with Crippen molar-refractivity contribution in [1.29, 1.82) is 0 Å². The van der Waals surface area contributed by atoms with E-state index in [0.717, 1.165) is 18.2 Å². The Balaban J connectivity index is 1.56. The van der Waals surface area contributed by atoms with Crippen molar-refractivity contribution in [2.75, 3.05) is 11.9 Å². The number of benzene rings is 2. The van der Waals surface area contributed by atoms with Gasteiger partial charge in [-0.1, -0.05) is 12.1 Å². The molecule has 8 nitrogen and oxygen atoms in total. The van der Waals surface area contributed by atoms with Gasteiger partial charge >= 0.3 is 6.36 Å². The number of carbonyl (C=O) groups excluding carboxylic acids is 1. The van der Waals surface area contributed by atoms with Crippen LogP contribution in [0.2, 0.25) is 0 Å². The van der Waals surface area contributed by atoms with Gasteiger partial charge in [0.05, 0.1) is 5.52 Å². The van der Waals surface area contributed by atoms with Gasteiger partial charge in [0, 0.05) is 17.5 Å². The van der Waals surface area contributed by atoms with Gasteiger partial charge in [-0.3, -0.25) is 4.79 Å². The van der Waals surface area contributed by atoms with Gasteiger partial charge in [-0.05, 0) is 55.7 Å². The van der Waals surface area contributed by atoms with Crippen LogP contribution in [0.1, 0.15) is 19.3 Å². The topological polar surface area (TPSA) is 93.4 Å². The van der Waals surface area contributed by atoms with Crippen molar-refractivity contribution in [3.63, 3.8) is 0 Å². The number of fused-ring (bicyclic) bond motifs is 3. The number of aromatic nitrogens is 4. The Labute approximate surface area is 185 Å². The fraction of sp³-hybridized carbons (Fsp3) is 0.273. The third kappa shape index (κ3) is 4.38. The maximum atomic E-state index is 12.5. The van der Waals surface area contributed by atoms with Crippen LogP contribution in [0.15, 0.2) is 48.5 Å². The highest BCUT2D eigenvalue weighted by atomic mass is 19.4. The number of ether oxygens (including phenoxy) is 1. The molecule has 0 aliphatic carbocycles. The highest BCUT2D eigenvalue weighted by Crippen LogP contribution is 2.28. The zero-order chi connectivity index (χ0) is 23.0. The lowest BCUT2D eigenvalue weighted by atomic mass is 10.1. The highest BCUT2D eigenvalue weighted by Gasteiger charge is 2.31. The Morgan fingerprint density at radius 3 is 2.64 bits per heavy atom. The molecule has 0 unspecified atom stereocenters. The molecule has 33 heavy (non-hydrogen) atoms. The summed E-state index contributed by atoms with van der Waals surface area (Å²) in [5.74, 6) is 0.238. The molecule has 2 aromatic heterocycles. The monoisotopic (exact) mass is 456 g/mol. The van der Waals surface area contributed by atoms with Gasteiger partial charge in [-0.2, -0.15) is 4.52 Å². The predicted octanol–water partition coefficient (Wildman–Crippen LogP) is 3.92. The molecule has 2 N–H and O–H groups in total. The van der Waals surface area contributed by atoms with Crippen LogP contribution in [0.3, 0.4) is 0 Å². The van der Waals surface area contributed by atoms with E-state index in [1.807, 2.05) is 24.3 Å². The molecule has 11 heteroatoms. The Morgan fingerprint density at radius 2 is 1.85 bits per heavy atom. The first-order chi connectivity index (χ1) is 15.9. The van der Waals surface area contributed by atoms with Gasteiger partial charge < -0.3 is 15.4 Å². The van der Waals surface area contributed by atoms with E-state index in [1.165, 1.54) is 28.8 Å². The molecule has 2 aromatic carbocycles. The van der Waals surface area contributed by atoms with Crippen LogP contribution in [0.5, 0.6) is 5.75 Å². The van der Waals surface area contributed by atoms with E-state index in [-0.39, 0.29) is 11.7 Å². The van der Waals surface area contributed by atoms with Crippen LogP contribution >= 0.6 is 0 Å². The number of amides is 1. The molecule has 0 bridgehead atoms. The molecule has 4 aromatic rings. The normalized spacial score (nSPS) is 17.1. The molecule has 0 spiro atoms. The summed E-state index contributed by atoms with van der Waals surface area (Å²) in [6.07, 6.45) is -2.31. The van der Waals surface area contributed by atoms with Crippen molar-refractivity contribution in [3.8, 4) is 17.1 Å². The fourth-order valence-corrected chi connectivity index (χ4v) is 3.81. The third-order valence-corrected chi connectivity index (χ3v) is 5.36. The minimum atomic E-state index is -4.77. The minimum Gasteiger partial charge on any atom is -0.406 e. The van der Waals surface area contributed by atoms with E-state index < -0.39 is 12.4 Å². The molecule has 170 valence electrons. The van der Waals surface area contributed by atoms with E-state index >= 15 is 0 Å². The Hall–Kier alpha value is -3.89. The summed E-state index contributed by atoms with van der Waals surface area (Å²) < 4.78 is 42.8. The largest absolute Gasteiger partial charge is 0.573 e. The quantitative estimate of drug-likeness (QED) is 0.484. The average molecular weight is 456 g/mol. The van der Waals surface area contributed by atoms with E-state index in [4.69, 9.17) is 0 Å². The zero-order valence-electron chi connectivity index (χ0n) is 17.3. The third-order valence-electron chi connectivity index (χ3n) is 5.36. The van der Waals surface area contributed by atoms with E-state index in [9.17, 15) is 18.0 Å².